The highest BCUT2D eigenvalue weighted by atomic mass is 14.7. The van der Waals surface area contributed by atoms with Crippen LogP contribution in [0.15, 0.2) is 54.0 Å². The van der Waals surface area contributed by atoms with E-state index in [-0.39, 0.29) is 0 Å². The zero-order valence-electron chi connectivity index (χ0n) is 12.7. The second-order valence-corrected chi connectivity index (χ2v) is 5.27. The topological polar surface area (TPSA) is 12.4 Å². The average molecular weight is 263 g/mol. The zero-order chi connectivity index (χ0) is 14.7. The number of hydrogen-bond donors (Lipinski definition) is 0. The predicted octanol–water partition coefficient (Wildman–Crippen LogP) is 4.80. The standard InChI is InChI=1S/C19H21N/c1-13(2)17-8-6-7-9-18(17)19(20-5)16-11-14(3)10-15(4)12-16/h6-12H,1H2,2-5H3. The third-order valence-corrected chi connectivity index (χ3v) is 3.36. The van der Waals surface area contributed by atoms with Crippen LogP contribution in [0.4, 0.5) is 0 Å². The fourth-order valence-corrected chi connectivity index (χ4v) is 2.58. The Balaban J connectivity index is 2.62. The minimum absolute atomic E-state index is 1.02. The first kappa shape index (κ1) is 14.3. The van der Waals surface area contributed by atoms with Crippen molar-refractivity contribution >= 4 is 11.3 Å². The number of benzene rings is 2. The third kappa shape index (κ3) is 2.88. The van der Waals surface area contributed by atoms with Gasteiger partial charge in [-0.2, -0.15) is 0 Å². The molecule has 0 amide bonds. The molecule has 2 aromatic rings. The molecule has 20 heavy (non-hydrogen) atoms. The highest BCUT2D eigenvalue weighted by Crippen LogP contribution is 2.22. The van der Waals surface area contributed by atoms with Crippen LogP contribution >= 0.6 is 0 Å². The van der Waals surface area contributed by atoms with Gasteiger partial charge in [0, 0.05) is 18.2 Å². The van der Waals surface area contributed by atoms with E-state index in [4.69, 9.17) is 0 Å². The van der Waals surface area contributed by atoms with Crippen LogP contribution in [0, 0.1) is 13.8 Å². The molecule has 0 atom stereocenters. The van der Waals surface area contributed by atoms with E-state index in [0.29, 0.717) is 0 Å². The average Bonchev–Trinajstić information content (AvgIpc) is 2.39. The van der Waals surface area contributed by atoms with Crippen molar-refractivity contribution in [1.82, 2.24) is 0 Å². The fraction of sp³-hybridized carbons (Fsp3) is 0.211. The van der Waals surface area contributed by atoms with Crippen molar-refractivity contribution in [3.05, 3.63) is 76.9 Å². The maximum atomic E-state index is 4.53. The third-order valence-electron chi connectivity index (χ3n) is 3.36. The van der Waals surface area contributed by atoms with Gasteiger partial charge >= 0.3 is 0 Å². The molecule has 0 spiro atoms. The van der Waals surface area contributed by atoms with Crippen molar-refractivity contribution in [2.75, 3.05) is 7.05 Å². The van der Waals surface area contributed by atoms with Gasteiger partial charge in [-0.25, -0.2) is 0 Å². The lowest BCUT2D eigenvalue weighted by molar-refractivity contribution is 1.35. The van der Waals surface area contributed by atoms with Crippen LogP contribution in [-0.2, 0) is 0 Å². The van der Waals surface area contributed by atoms with Gasteiger partial charge < -0.3 is 0 Å². The van der Waals surface area contributed by atoms with Crippen LogP contribution in [0.5, 0.6) is 0 Å². The van der Waals surface area contributed by atoms with E-state index in [0.717, 1.165) is 22.4 Å². The van der Waals surface area contributed by atoms with Gasteiger partial charge in [-0.05, 0) is 38.5 Å². The van der Waals surface area contributed by atoms with Crippen molar-refractivity contribution in [3.63, 3.8) is 0 Å². The van der Waals surface area contributed by atoms with Crippen molar-refractivity contribution < 1.29 is 0 Å². The first-order valence-corrected chi connectivity index (χ1v) is 6.83. The van der Waals surface area contributed by atoms with E-state index < -0.39 is 0 Å². The molecule has 1 nitrogen and oxygen atoms in total. The molecule has 0 bridgehead atoms. The second-order valence-electron chi connectivity index (χ2n) is 5.27. The molecule has 1 heteroatoms. The van der Waals surface area contributed by atoms with E-state index >= 15 is 0 Å². The van der Waals surface area contributed by atoms with Crippen LogP contribution < -0.4 is 0 Å². The molecule has 2 rings (SSSR count). The molecule has 0 fully saturated rings. The summed E-state index contributed by atoms with van der Waals surface area (Å²) in [6, 6.07) is 14.9. The predicted molar refractivity (Wildman–Crippen MR) is 88.6 cm³/mol. The first-order chi connectivity index (χ1) is 9.52. The Morgan fingerprint density at radius 1 is 0.950 bits per heavy atom. The molecular formula is C19H21N. The molecule has 0 saturated carbocycles. The molecule has 0 saturated heterocycles. The molecule has 0 unspecified atom stereocenters. The molecule has 0 aromatic heterocycles. The Morgan fingerprint density at radius 3 is 2.00 bits per heavy atom. The van der Waals surface area contributed by atoms with Crippen LogP contribution in [0.25, 0.3) is 5.57 Å². The highest BCUT2D eigenvalue weighted by Gasteiger charge is 2.11. The van der Waals surface area contributed by atoms with Crippen LogP contribution in [0.3, 0.4) is 0 Å². The van der Waals surface area contributed by atoms with Gasteiger partial charge in [0.1, 0.15) is 0 Å². The van der Waals surface area contributed by atoms with E-state index in [1.807, 2.05) is 20.0 Å². The van der Waals surface area contributed by atoms with Crippen molar-refractivity contribution in [3.8, 4) is 0 Å². The van der Waals surface area contributed by atoms with Crippen molar-refractivity contribution in [2.45, 2.75) is 20.8 Å². The molecule has 0 aliphatic heterocycles. The van der Waals surface area contributed by atoms with Crippen LogP contribution in [-0.4, -0.2) is 12.8 Å². The van der Waals surface area contributed by atoms with Gasteiger partial charge in [-0.15, -0.1) is 0 Å². The SMILES string of the molecule is C=C(C)c1ccccc1C(=NC)c1cc(C)cc(C)c1. The van der Waals surface area contributed by atoms with Gasteiger partial charge in [-0.1, -0.05) is 53.6 Å². The summed E-state index contributed by atoms with van der Waals surface area (Å²) in [5, 5.41) is 0. The largest absolute Gasteiger partial charge is 0.287 e. The number of aryl methyl sites for hydroxylation is 2. The van der Waals surface area contributed by atoms with Crippen molar-refractivity contribution in [2.24, 2.45) is 4.99 Å². The Bertz CT molecular complexity index is 658. The Hall–Kier alpha value is -2.15. The van der Waals surface area contributed by atoms with Gasteiger partial charge in [0.15, 0.2) is 0 Å². The minimum atomic E-state index is 1.02. The molecule has 0 heterocycles. The molecule has 102 valence electrons. The number of allylic oxidation sites excluding steroid dienone is 1. The van der Waals surface area contributed by atoms with E-state index in [9.17, 15) is 0 Å². The zero-order valence-corrected chi connectivity index (χ0v) is 12.7. The van der Waals surface area contributed by atoms with Gasteiger partial charge in [0.25, 0.3) is 0 Å². The van der Waals surface area contributed by atoms with E-state index in [1.165, 1.54) is 16.7 Å². The molecular weight excluding hydrogens is 242 g/mol. The summed E-state index contributed by atoms with van der Waals surface area (Å²) >= 11 is 0. The molecule has 0 aliphatic rings. The fourth-order valence-electron chi connectivity index (χ4n) is 2.58. The van der Waals surface area contributed by atoms with E-state index in [1.54, 1.807) is 0 Å². The molecule has 0 aliphatic carbocycles. The summed E-state index contributed by atoms with van der Waals surface area (Å²) in [7, 11) is 1.85. The summed E-state index contributed by atoms with van der Waals surface area (Å²) in [6.07, 6.45) is 0. The first-order valence-electron chi connectivity index (χ1n) is 6.83. The van der Waals surface area contributed by atoms with Crippen LogP contribution in [0.1, 0.15) is 34.7 Å². The lowest BCUT2D eigenvalue weighted by Crippen LogP contribution is -2.07. The van der Waals surface area contributed by atoms with Gasteiger partial charge in [0.05, 0.1) is 5.71 Å². The second kappa shape index (κ2) is 5.87. The Kier molecular flexibility index (Phi) is 4.19. The monoisotopic (exact) mass is 263 g/mol. The maximum absolute atomic E-state index is 4.53. The van der Waals surface area contributed by atoms with Gasteiger partial charge in [-0.3, -0.25) is 4.99 Å². The number of aliphatic imine (C=N–C) groups is 1. The summed E-state index contributed by atoms with van der Waals surface area (Å²) in [5.41, 5.74) is 8.07. The number of rotatable bonds is 3. The highest BCUT2D eigenvalue weighted by molar-refractivity contribution is 6.15. The summed E-state index contributed by atoms with van der Waals surface area (Å²) in [6.45, 7) is 10.4. The summed E-state index contributed by atoms with van der Waals surface area (Å²) in [5.74, 6) is 0. The summed E-state index contributed by atoms with van der Waals surface area (Å²) < 4.78 is 0. The molecule has 2 aromatic carbocycles. The van der Waals surface area contributed by atoms with Gasteiger partial charge in [0.2, 0.25) is 0 Å². The van der Waals surface area contributed by atoms with Crippen molar-refractivity contribution in [1.29, 1.82) is 0 Å². The normalized spacial score (nSPS) is 11.5. The lowest BCUT2D eigenvalue weighted by atomic mass is 9.93. The molecule has 0 N–H and O–H groups in total. The smallest absolute Gasteiger partial charge is 0.0721 e. The summed E-state index contributed by atoms with van der Waals surface area (Å²) in [4.78, 5) is 4.53. The van der Waals surface area contributed by atoms with Crippen LogP contribution in [0.2, 0.25) is 0 Å². The maximum Gasteiger partial charge on any atom is 0.0721 e. The quantitative estimate of drug-likeness (QED) is 0.705. The number of hydrogen-bond acceptors (Lipinski definition) is 1. The lowest BCUT2D eigenvalue weighted by Gasteiger charge is -2.13. The minimum Gasteiger partial charge on any atom is -0.287 e. The van der Waals surface area contributed by atoms with E-state index in [2.05, 4.69) is 61.8 Å². The Morgan fingerprint density at radius 2 is 1.50 bits per heavy atom. The molecule has 0 radical (unpaired) electrons. The Labute approximate surface area is 121 Å². The number of nitrogens with zero attached hydrogens (tertiary/aromatic N) is 1.